The molecule has 0 aliphatic heterocycles. The highest BCUT2D eigenvalue weighted by atomic mass is 16.6. The molecule has 1 fully saturated rings. The Hall–Kier alpha value is -3.10. The van der Waals surface area contributed by atoms with Gasteiger partial charge in [-0.1, -0.05) is 63.3 Å². The Balaban J connectivity index is 2.48. The first-order valence-electron chi connectivity index (χ1n) is 13.9. The molecule has 0 saturated heterocycles. The Kier molecular flexibility index (Phi) is 12.1. The number of hydrogen-bond donors (Lipinski definition) is 3. The zero-order chi connectivity index (χ0) is 28.3. The zero-order valence-corrected chi connectivity index (χ0v) is 23.7. The van der Waals surface area contributed by atoms with Crippen LogP contribution in [0.15, 0.2) is 24.3 Å². The molecule has 0 heterocycles. The molecule has 0 radical (unpaired) electrons. The van der Waals surface area contributed by atoms with Gasteiger partial charge in [-0.25, -0.2) is 4.79 Å². The van der Waals surface area contributed by atoms with Gasteiger partial charge in [-0.3, -0.25) is 14.4 Å². The van der Waals surface area contributed by atoms with Gasteiger partial charge in [-0.2, -0.15) is 0 Å². The van der Waals surface area contributed by atoms with Crippen LogP contribution in [0.3, 0.4) is 0 Å². The fourth-order valence-corrected chi connectivity index (χ4v) is 4.82. The molecule has 0 bridgehead atoms. The van der Waals surface area contributed by atoms with Crippen molar-refractivity contribution in [2.24, 2.45) is 5.73 Å². The number of aryl methyl sites for hydroxylation is 1. The molecule has 2 atom stereocenters. The predicted molar refractivity (Wildman–Crippen MR) is 147 cm³/mol. The number of nitrogens with two attached hydrogens (primary N) is 1. The van der Waals surface area contributed by atoms with Gasteiger partial charge in [0.1, 0.15) is 17.7 Å². The van der Waals surface area contributed by atoms with Gasteiger partial charge >= 0.3 is 6.09 Å². The molecule has 0 aromatic heterocycles. The summed E-state index contributed by atoms with van der Waals surface area (Å²) >= 11 is 0. The number of nitrogens with one attached hydrogen (secondary N) is 2. The van der Waals surface area contributed by atoms with Crippen LogP contribution in [-0.4, -0.2) is 52.9 Å². The summed E-state index contributed by atoms with van der Waals surface area (Å²) in [5.41, 5.74) is 6.25. The molecule has 212 valence electrons. The van der Waals surface area contributed by atoms with Crippen molar-refractivity contribution in [3.05, 3.63) is 35.4 Å². The molecule has 38 heavy (non-hydrogen) atoms. The van der Waals surface area contributed by atoms with Crippen LogP contribution in [-0.2, 0) is 19.1 Å². The average molecular weight is 531 g/mol. The van der Waals surface area contributed by atoms with E-state index in [0.717, 1.165) is 50.5 Å². The van der Waals surface area contributed by atoms with Crippen molar-refractivity contribution in [2.75, 3.05) is 6.54 Å². The highest BCUT2D eigenvalue weighted by Crippen LogP contribution is 2.28. The number of benzene rings is 1. The van der Waals surface area contributed by atoms with Crippen LogP contribution < -0.4 is 16.4 Å². The summed E-state index contributed by atoms with van der Waals surface area (Å²) < 4.78 is 5.34. The van der Waals surface area contributed by atoms with Crippen molar-refractivity contribution in [3.63, 3.8) is 0 Å². The second kappa shape index (κ2) is 14.7. The number of amides is 4. The van der Waals surface area contributed by atoms with Crippen LogP contribution in [0.1, 0.15) is 103 Å². The molecule has 0 spiro atoms. The molecular formula is C29H46N4O5. The number of rotatable bonds is 12. The number of primary amides is 1. The number of nitrogens with zero attached hydrogens (tertiary/aromatic N) is 1. The van der Waals surface area contributed by atoms with Gasteiger partial charge in [-0.15, -0.1) is 0 Å². The topological polar surface area (TPSA) is 131 Å². The smallest absolute Gasteiger partial charge is 0.408 e. The average Bonchev–Trinajstić information content (AvgIpc) is 2.83. The number of alkyl carbamates (subject to hydrolysis) is 1. The molecule has 2 unspecified atom stereocenters. The molecular weight excluding hydrogens is 484 g/mol. The number of hydrogen-bond acceptors (Lipinski definition) is 5. The monoisotopic (exact) mass is 530 g/mol. The first-order chi connectivity index (χ1) is 17.9. The van der Waals surface area contributed by atoms with E-state index < -0.39 is 42.0 Å². The maximum atomic E-state index is 14.1. The van der Waals surface area contributed by atoms with Gasteiger partial charge < -0.3 is 26.0 Å². The fourth-order valence-electron chi connectivity index (χ4n) is 4.82. The molecule has 4 N–H and O–H groups in total. The van der Waals surface area contributed by atoms with Gasteiger partial charge in [0.15, 0.2) is 0 Å². The first-order valence-corrected chi connectivity index (χ1v) is 13.9. The summed E-state index contributed by atoms with van der Waals surface area (Å²) in [5.74, 6) is -1.55. The highest BCUT2D eigenvalue weighted by molar-refractivity contribution is 5.94. The Bertz CT molecular complexity index is 953. The van der Waals surface area contributed by atoms with Crippen molar-refractivity contribution in [1.29, 1.82) is 0 Å². The van der Waals surface area contributed by atoms with Crippen molar-refractivity contribution in [2.45, 2.75) is 116 Å². The summed E-state index contributed by atoms with van der Waals surface area (Å²) in [6, 6.07) is 5.36. The van der Waals surface area contributed by atoms with E-state index >= 15 is 0 Å². The number of carbonyl (C=O) groups excluding carboxylic acids is 4. The van der Waals surface area contributed by atoms with Gasteiger partial charge in [0.2, 0.25) is 17.7 Å². The SMILES string of the molecule is CCCCCN(C(=O)C(CC(N)=O)NC(=O)OC(C)(C)C)C(C(=O)NC1CCCCC1)c1ccccc1C. The molecule has 1 aromatic rings. The zero-order valence-electron chi connectivity index (χ0n) is 23.7. The second-order valence-corrected chi connectivity index (χ2v) is 11.2. The minimum Gasteiger partial charge on any atom is -0.444 e. The third-order valence-electron chi connectivity index (χ3n) is 6.67. The molecule has 2 rings (SSSR count). The van der Waals surface area contributed by atoms with E-state index in [0.29, 0.717) is 12.0 Å². The lowest BCUT2D eigenvalue weighted by Gasteiger charge is -2.36. The molecule has 1 aliphatic rings. The van der Waals surface area contributed by atoms with E-state index in [1.54, 1.807) is 20.8 Å². The highest BCUT2D eigenvalue weighted by Gasteiger charge is 2.38. The van der Waals surface area contributed by atoms with E-state index in [1.807, 2.05) is 31.2 Å². The molecule has 9 nitrogen and oxygen atoms in total. The number of carbonyl (C=O) groups is 4. The van der Waals surface area contributed by atoms with Crippen LogP contribution in [0, 0.1) is 6.92 Å². The van der Waals surface area contributed by atoms with Crippen molar-refractivity contribution in [1.82, 2.24) is 15.5 Å². The maximum absolute atomic E-state index is 14.1. The summed E-state index contributed by atoms with van der Waals surface area (Å²) in [5, 5.41) is 5.72. The minimum absolute atomic E-state index is 0.0525. The van der Waals surface area contributed by atoms with Crippen LogP contribution in [0.5, 0.6) is 0 Å². The standard InChI is InChI=1S/C29H46N4O5/c1-6-7-13-18-33(27(36)23(19-24(30)34)32-28(37)38-29(3,4)5)25(22-17-12-11-14-20(22)2)26(35)31-21-15-9-8-10-16-21/h11-12,14,17,21,23,25H,6-10,13,15-16,18-19H2,1-5H3,(H2,30,34)(H,31,35)(H,32,37). The minimum atomic E-state index is -1.27. The molecule has 1 saturated carbocycles. The van der Waals surface area contributed by atoms with Crippen LogP contribution in [0.4, 0.5) is 4.79 Å². The third kappa shape index (κ3) is 9.99. The lowest BCUT2D eigenvalue weighted by Crippen LogP contribution is -2.55. The lowest BCUT2D eigenvalue weighted by atomic mass is 9.93. The van der Waals surface area contributed by atoms with Crippen LogP contribution in [0.2, 0.25) is 0 Å². The maximum Gasteiger partial charge on any atom is 0.408 e. The number of unbranched alkanes of at least 4 members (excludes halogenated alkanes) is 2. The third-order valence-corrected chi connectivity index (χ3v) is 6.67. The van der Waals surface area contributed by atoms with Crippen molar-refractivity contribution < 1.29 is 23.9 Å². The molecule has 4 amide bonds. The van der Waals surface area contributed by atoms with E-state index in [9.17, 15) is 19.2 Å². The Labute approximate surface area is 227 Å². The molecule has 1 aliphatic carbocycles. The Morgan fingerprint density at radius 3 is 2.32 bits per heavy atom. The van der Waals surface area contributed by atoms with Crippen molar-refractivity contribution >= 4 is 23.8 Å². The van der Waals surface area contributed by atoms with Gasteiger partial charge in [0.25, 0.3) is 0 Å². The van der Waals surface area contributed by atoms with Crippen LogP contribution in [0.25, 0.3) is 0 Å². The fraction of sp³-hybridized carbons (Fsp3) is 0.655. The second-order valence-electron chi connectivity index (χ2n) is 11.2. The Morgan fingerprint density at radius 2 is 1.74 bits per heavy atom. The van der Waals surface area contributed by atoms with Crippen LogP contribution >= 0.6 is 0 Å². The number of ether oxygens (including phenoxy) is 1. The largest absolute Gasteiger partial charge is 0.444 e. The Morgan fingerprint density at radius 1 is 1.08 bits per heavy atom. The van der Waals surface area contributed by atoms with E-state index in [1.165, 1.54) is 4.90 Å². The van der Waals surface area contributed by atoms with E-state index in [2.05, 4.69) is 17.6 Å². The molecule has 1 aromatic carbocycles. The van der Waals surface area contributed by atoms with E-state index in [-0.39, 0.29) is 18.5 Å². The molecule has 9 heteroatoms. The summed E-state index contributed by atoms with van der Waals surface area (Å²) in [7, 11) is 0. The summed E-state index contributed by atoms with van der Waals surface area (Å²) in [6.07, 6.45) is 6.27. The summed E-state index contributed by atoms with van der Waals surface area (Å²) in [6.45, 7) is 9.37. The lowest BCUT2D eigenvalue weighted by molar-refractivity contribution is -0.143. The van der Waals surface area contributed by atoms with Crippen molar-refractivity contribution in [3.8, 4) is 0 Å². The normalized spacial score (nSPS) is 15.7. The summed E-state index contributed by atoms with van der Waals surface area (Å²) in [4.78, 5) is 54.0. The predicted octanol–water partition coefficient (Wildman–Crippen LogP) is 4.27. The first kappa shape index (κ1) is 31.1. The van der Waals surface area contributed by atoms with Gasteiger partial charge in [0, 0.05) is 12.6 Å². The van der Waals surface area contributed by atoms with E-state index in [4.69, 9.17) is 10.5 Å². The van der Waals surface area contributed by atoms with Gasteiger partial charge in [-0.05, 0) is 58.1 Å². The quantitative estimate of drug-likeness (QED) is 0.347. The van der Waals surface area contributed by atoms with Gasteiger partial charge in [0.05, 0.1) is 6.42 Å².